The molecule has 0 saturated carbocycles. The molecule has 0 spiro atoms. The molecular formula is C15H16BrN3O3S. The van der Waals surface area contributed by atoms with Crippen molar-refractivity contribution in [1.29, 1.82) is 0 Å². The van der Waals surface area contributed by atoms with E-state index < -0.39 is 9.84 Å². The molecule has 1 aromatic carbocycles. The second-order valence-corrected chi connectivity index (χ2v) is 8.79. The van der Waals surface area contributed by atoms with Crippen molar-refractivity contribution in [3.05, 3.63) is 40.5 Å². The number of aromatic nitrogens is 2. The third kappa shape index (κ3) is 3.48. The monoisotopic (exact) mass is 397 g/mol. The minimum atomic E-state index is -3.02. The van der Waals surface area contributed by atoms with Crippen LogP contribution in [0.4, 0.5) is 0 Å². The smallest absolute Gasteiger partial charge is 0.271 e. The van der Waals surface area contributed by atoms with E-state index in [0.29, 0.717) is 17.8 Å². The predicted octanol–water partition coefficient (Wildman–Crippen LogP) is 2.10. The molecule has 1 fully saturated rings. The van der Waals surface area contributed by atoms with Crippen LogP contribution in [0.5, 0.6) is 0 Å². The molecule has 6 nitrogen and oxygen atoms in total. The number of carbonyl (C=O) groups excluding carboxylic acids is 1. The van der Waals surface area contributed by atoms with E-state index in [1.54, 1.807) is 13.1 Å². The van der Waals surface area contributed by atoms with Crippen LogP contribution in [-0.2, 0) is 9.84 Å². The largest absolute Gasteiger partial charge is 0.336 e. The van der Waals surface area contributed by atoms with Gasteiger partial charge in [-0.25, -0.2) is 8.42 Å². The van der Waals surface area contributed by atoms with Crippen LogP contribution in [0.1, 0.15) is 16.9 Å². The number of H-pyrrole nitrogens is 1. The maximum absolute atomic E-state index is 12.5. The van der Waals surface area contributed by atoms with Gasteiger partial charge in [0.1, 0.15) is 5.69 Å². The Balaban J connectivity index is 1.77. The highest BCUT2D eigenvalue weighted by atomic mass is 79.9. The first-order valence-corrected chi connectivity index (χ1v) is 9.76. The van der Waals surface area contributed by atoms with Crippen LogP contribution in [0.25, 0.3) is 11.3 Å². The molecule has 1 aliphatic heterocycles. The lowest BCUT2D eigenvalue weighted by molar-refractivity contribution is 0.0741. The van der Waals surface area contributed by atoms with Crippen molar-refractivity contribution in [2.24, 2.45) is 0 Å². The van der Waals surface area contributed by atoms with Crippen molar-refractivity contribution in [3.8, 4) is 11.3 Å². The lowest BCUT2D eigenvalue weighted by Gasteiger charge is -2.22. The molecule has 2 aromatic rings. The summed E-state index contributed by atoms with van der Waals surface area (Å²) in [6, 6.07) is 9.03. The molecule has 1 saturated heterocycles. The minimum Gasteiger partial charge on any atom is -0.336 e. The highest BCUT2D eigenvalue weighted by Gasteiger charge is 2.33. The fourth-order valence-corrected chi connectivity index (χ4v) is 4.68. The summed E-state index contributed by atoms with van der Waals surface area (Å²) in [7, 11) is -1.39. The van der Waals surface area contributed by atoms with Gasteiger partial charge >= 0.3 is 0 Å². The van der Waals surface area contributed by atoms with E-state index in [-0.39, 0.29) is 23.5 Å². The first kappa shape index (κ1) is 16.2. The number of hydrogen-bond donors (Lipinski definition) is 1. The lowest BCUT2D eigenvalue weighted by Crippen LogP contribution is -2.38. The molecule has 0 aliphatic carbocycles. The predicted molar refractivity (Wildman–Crippen MR) is 90.9 cm³/mol. The third-order valence-corrected chi connectivity index (χ3v) is 6.30. The number of halogens is 1. The fraction of sp³-hybridized carbons (Fsp3) is 0.333. The van der Waals surface area contributed by atoms with Crippen LogP contribution >= 0.6 is 15.9 Å². The van der Waals surface area contributed by atoms with Gasteiger partial charge in [-0.05, 0) is 24.6 Å². The number of carbonyl (C=O) groups is 1. The van der Waals surface area contributed by atoms with Crippen molar-refractivity contribution >= 4 is 31.7 Å². The Labute approximate surface area is 142 Å². The second-order valence-electron chi connectivity index (χ2n) is 5.65. The van der Waals surface area contributed by atoms with Crippen LogP contribution in [-0.4, -0.2) is 54.0 Å². The van der Waals surface area contributed by atoms with Crippen LogP contribution in [0.15, 0.2) is 34.8 Å². The van der Waals surface area contributed by atoms with Crippen molar-refractivity contribution in [1.82, 2.24) is 15.1 Å². The molecule has 23 heavy (non-hydrogen) atoms. The maximum Gasteiger partial charge on any atom is 0.271 e. The van der Waals surface area contributed by atoms with Crippen molar-refractivity contribution < 1.29 is 13.2 Å². The van der Waals surface area contributed by atoms with Gasteiger partial charge < -0.3 is 4.90 Å². The maximum atomic E-state index is 12.5. The zero-order valence-corrected chi connectivity index (χ0v) is 14.9. The first-order chi connectivity index (χ1) is 10.9. The normalized spacial score (nSPS) is 19.7. The highest BCUT2D eigenvalue weighted by Crippen LogP contribution is 2.22. The fourth-order valence-electron chi connectivity index (χ4n) is 2.64. The number of sulfone groups is 1. The number of nitrogens with zero attached hydrogens (tertiary/aromatic N) is 2. The summed E-state index contributed by atoms with van der Waals surface area (Å²) in [6.07, 6.45) is 0.484. The molecule has 3 rings (SSSR count). The van der Waals surface area contributed by atoms with E-state index in [4.69, 9.17) is 0 Å². The van der Waals surface area contributed by atoms with Crippen molar-refractivity contribution in [2.45, 2.75) is 12.5 Å². The Kier molecular flexibility index (Phi) is 4.29. The summed E-state index contributed by atoms with van der Waals surface area (Å²) in [5.74, 6) is -0.0753. The van der Waals surface area contributed by atoms with Crippen LogP contribution in [0, 0.1) is 0 Å². The molecule has 8 heteroatoms. The zero-order valence-electron chi connectivity index (χ0n) is 12.5. The summed E-state index contributed by atoms with van der Waals surface area (Å²) in [5, 5.41) is 6.91. The van der Waals surface area contributed by atoms with Gasteiger partial charge in [0.25, 0.3) is 5.91 Å². The van der Waals surface area contributed by atoms with Crippen molar-refractivity contribution in [3.63, 3.8) is 0 Å². The zero-order chi connectivity index (χ0) is 16.6. The number of benzene rings is 1. The van der Waals surface area contributed by atoms with E-state index in [1.807, 2.05) is 24.3 Å². The topological polar surface area (TPSA) is 83.1 Å². The van der Waals surface area contributed by atoms with Crippen LogP contribution in [0.2, 0.25) is 0 Å². The number of amides is 1. The molecule has 2 heterocycles. The lowest BCUT2D eigenvalue weighted by atomic mass is 10.1. The standard InChI is InChI=1S/C15H16BrN3O3S/c1-19(12-6-7-23(21,22)9-12)15(20)14-8-13(17-18-14)10-2-4-11(16)5-3-10/h2-5,8,12H,6-7,9H2,1H3,(H,17,18)/t12-/m1/s1. The van der Waals surface area contributed by atoms with Gasteiger partial charge in [-0.15, -0.1) is 0 Å². The van der Waals surface area contributed by atoms with E-state index in [9.17, 15) is 13.2 Å². The van der Waals surface area contributed by atoms with E-state index in [0.717, 1.165) is 10.0 Å². The third-order valence-electron chi connectivity index (χ3n) is 4.02. The Morgan fingerprint density at radius 3 is 2.65 bits per heavy atom. The van der Waals surface area contributed by atoms with Crippen LogP contribution < -0.4 is 0 Å². The van der Waals surface area contributed by atoms with Gasteiger partial charge in [-0.1, -0.05) is 28.1 Å². The van der Waals surface area contributed by atoms with Crippen molar-refractivity contribution in [2.75, 3.05) is 18.6 Å². The molecule has 1 amide bonds. The van der Waals surface area contributed by atoms with Gasteiger partial charge in [-0.3, -0.25) is 9.89 Å². The minimum absolute atomic E-state index is 0.0307. The Hall–Kier alpha value is -1.67. The van der Waals surface area contributed by atoms with Gasteiger partial charge in [0.2, 0.25) is 0 Å². The van der Waals surface area contributed by atoms with E-state index in [2.05, 4.69) is 26.1 Å². The molecule has 122 valence electrons. The number of hydrogen-bond acceptors (Lipinski definition) is 4. The highest BCUT2D eigenvalue weighted by molar-refractivity contribution is 9.10. The van der Waals surface area contributed by atoms with E-state index in [1.165, 1.54) is 4.90 Å². The molecule has 0 radical (unpaired) electrons. The summed E-state index contributed by atoms with van der Waals surface area (Å²) in [5.41, 5.74) is 1.93. The molecule has 1 atom stereocenters. The Morgan fingerprint density at radius 1 is 1.35 bits per heavy atom. The summed E-state index contributed by atoms with van der Waals surface area (Å²) in [6.45, 7) is 0. The average molecular weight is 398 g/mol. The van der Waals surface area contributed by atoms with Crippen LogP contribution in [0.3, 0.4) is 0 Å². The molecular weight excluding hydrogens is 382 g/mol. The molecule has 1 aliphatic rings. The number of nitrogens with one attached hydrogen (secondary N) is 1. The van der Waals surface area contributed by atoms with E-state index >= 15 is 0 Å². The number of aromatic amines is 1. The Morgan fingerprint density at radius 2 is 2.04 bits per heavy atom. The molecule has 1 aromatic heterocycles. The number of rotatable bonds is 3. The molecule has 0 unspecified atom stereocenters. The Bertz CT molecular complexity index is 830. The summed E-state index contributed by atoms with van der Waals surface area (Å²) >= 11 is 3.37. The van der Waals surface area contributed by atoms with Gasteiger partial charge in [0.05, 0.1) is 17.2 Å². The SMILES string of the molecule is CN(C(=O)c1cc(-c2ccc(Br)cc2)n[nH]1)[C@@H]1CCS(=O)(=O)C1. The van der Waals surface area contributed by atoms with Gasteiger partial charge in [0, 0.05) is 23.1 Å². The van der Waals surface area contributed by atoms with Gasteiger partial charge in [0.15, 0.2) is 9.84 Å². The average Bonchev–Trinajstić information content (AvgIpc) is 3.13. The summed E-state index contributed by atoms with van der Waals surface area (Å²) in [4.78, 5) is 14.0. The summed E-state index contributed by atoms with van der Waals surface area (Å²) < 4.78 is 24.1. The molecule has 1 N–H and O–H groups in total. The second kappa shape index (κ2) is 6.09. The van der Waals surface area contributed by atoms with Gasteiger partial charge in [-0.2, -0.15) is 5.10 Å². The first-order valence-electron chi connectivity index (χ1n) is 7.15. The molecule has 0 bridgehead atoms. The quantitative estimate of drug-likeness (QED) is 0.859.